The molecule has 0 heterocycles. The molecule has 0 N–H and O–H groups in total. The van der Waals surface area contributed by atoms with E-state index < -0.39 is 0 Å². The maximum Gasteiger partial charge on any atom is 0.0952 e. The molecule has 2 aromatic carbocycles. The van der Waals surface area contributed by atoms with Crippen LogP contribution in [0.15, 0.2) is 48.5 Å². The number of aldehydes is 1. The Morgan fingerprint density at radius 1 is 0.875 bits per heavy atom. The van der Waals surface area contributed by atoms with Crippen molar-refractivity contribution in [2.45, 2.75) is 57.8 Å². The number of carbonyl (C=O) groups excluding carboxylic acids is 1. The van der Waals surface area contributed by atoms with Crippen LogP contribution in [0.25, 0.3) is 0 Å². The summed E-state index contributed by atoms with van der Waals surface area (Å²) in [6, 6.07) is 16.0. The molecule has 0 aromatic heterocycles. The molecule has 0 saturated heterocycles. The van der Waals surface area contributed by atoms with E-state index in [2.05, 4.69) is 22.0 Å². The molecule has 0 unspecified atom stereocenters. The molecule has 2 aromatic rings. The molecule has 0 atom stereocenters. The van der Waals surface area contributed by atoms with Gasteiger partial charge in [0.05, 0.1) is 6.29 Å². The molecular formula is C21H29BrFeO-6. The second-order valence-corrected chi connectivity index (χ2v) is 6.65. The topological polar surface area (TPSA) is 17.1 Å². The van der Waals surface area contributed by atoms with Crippen molar-refractivity contribution in [3.8, 4) is 0 Å². The van der Waals surface area contributed by atoms with Gasteiger partial charge in [0.25, 0.3) is 0 Å². The van der Waals surface area contributed by atoms with Crippen molar-refractivity contribution in [1.29, 1.82) is 0 Å². The second kappa shape index (κ2) is 17.2. The van der Waals surface area contributed by atoms with Crippen LogP contribution in [0.4, 0.5) is 0 Å². The first-order chi connectivity index (χ1) is 11.4. The van der Waals surface area contributed by atoms with Gasteiger partial charge in [0.15, 0.2) is 0 Å². The Labute approximate surface area is 166 Å². The standard InChI is InChI=1S/C16H24BrO.C5H5.Fe/c17-13-8-6-4-2-1-3-5-7-10-15-11-9-12-16(15)14-18;1-2-4-5-3-1;/h9,11-12,14H,1-8,10,13H2;1-5H;/q-1;-5;. The van der Waals surface area contributed by atoms with Gasteiger partial charge in [0.2, 0.25) is 0 Å². The third kappa shape index (κ3) is 11.8. The summed E-state index contributed by atoms with van der Waals surface area (Å²) < 4.78 is 0. The molecule has 0 radical (unpaired) electrons. The molecule has 140 valence electrons. The summed E-state index contributed by atoms with van der Waals surface area (Å²) in [5, 5.41) is 1.14. The number of aryl methyl sites for hydroxylation is 1. The van der Waals surface area contributed by atoms with Crippen molar-refractivity contribution in [3.63, 3.8) is 0 Å². The van der Waals surface area contributed by atoms with E-state index in [1.54, 1.807) is 0 Å². The van der Waals surface area contributed by atoms with Crippen LogP contribution >= 0.6 is 15.9 Å². The Morgan fingerprint density at radius 3 is 1.88 bits per heavy atom. The first-order valence-electron chi connectivity index (χ1n) is 8.81. The van der Waals surface area contributed by atoms with Gasteiger partial charge in [-0.05, 0) is 6.42 Å². The van der Waals surface area contributed by atoms with Crippen LogP contribution in [0.5, 0.6) is 0 Å². The van der Waals surface area contributed by atoms with Crippen LogP contribution in [0, 0.1) is 0 Å². The second-order valence-electron chi connectivity index (χ2n) is 5.85. The fraction of sp³-hybridized carbons (Fsp3) is 0.476. The number of unbranched alkanes of at least 4 members (excludes halogenated alkanes) is 7. The molecule has 2 rings (SSSR count). The molecule has 0 aliphatic carbocycles. The first kappa shape index (κ1) is 23.4. The Bertz CT molecular complexity index is 459. The summed E-state index contributed by atoms with van der Waals surface area (Å²) >= 11 is 3.46. The molecule has 0 aliphatic heterocycles. The summed E-state index contributed by atoms with van der Waals surface area (Å²) in [5.74, 6) is 0. The van der Waals surface area contributed by atoms with Gasteiger partial charge in [-0.2, -0.15) is 11.6 Å². The molecule has 3 heteroatoms. The van der Waals surface area contributed by atoms with Gasteiger partial charge in [-0.3, -0.25) is 0 Å². The minimum absolute atomic E-state index is 0. The quantitative estimate of drug-likeness (QED) is 0.127. The molecular weight excluding hydrogens is 404 g/mol. The van der Waals surface area contributed by atoms with E-state index in [-0.39, 0.29) is 17.1 Å². The normalized spacial score (nSPS) is 9.71. The minimum atomic E-state index is 0. The summed E-state index contributed by atoms with van der Waals surface area (Å²) in [4.78, 5) is 10.7. The van der Waals surface area contributed by atoms with Gasteiger partial charge < -0.3 is 35.1 Å². The van der Waals surface area contributed by atoms with Crippen molar-refractivity contribution in [1.82, 2.24) is 0 Å². The van der Waals surface area contributed by atoms with Gasteiger partial charge >= 0.3 is 0 Å². The summed E-state index contributed by atoms with van der Waals surface area (Å²) in [7, 11) is 0. The van der Waals surface area contributed by atoms with E-state index in [1.807, 2.05) is 42.5 Å². The van der Waals surface area contributed by atoms with Crippen LogP contribution in [-0.4, -0.2) is 11.6 Å². The fourth-order valence-electron chi connectivity index (χ4n) is 2.61. The van der Waals surface area contributed by atoms with Gasteiger partial charge in [0, 0.05) is 22.4 Å². The smallest absolute Gasteiger partial charge is 0.0952 e. The Kier molecular flexibility index (Phi) is 16.7. The molecule has 0 spiro atoms. The van der Waals surface area contributed by atoms with Gasteiger partial charge in [-0.1, -0.05) is 72.9 Å². The number of alkyl halides is 1. The average molecular weight is 433 g/mol. The van der Waals surface area contributed by atoms with Crippen LogP contribution in [-0.2, 0) is 23.5 Å². The van der Waals surface area contributed by atoms with Crippen molar-refractivity contribution in [3.05, 3.63) is 59.7 Å². The summed E-state index contributed by atoms with van der Waals surface area (Å²) in [6.07, 6.45) is 12.7. The van der Waals surface area contributed by atoms with E-state index in [1.165, 1.54) is 56.9 Å². The van der Waals surface area contributed by atoms with E-state index >= 15 is 0 Å². The maximum atomic E-state index is 10.7. The SMILES string of the molecule is O=C[c-]1cccc1CCCCCCCCCCBr.[Fe].[cH-]1[cH-][cH-][cH-][cH-]1. The predicted molar refractivity (Wildman–Crippen MR) is 104 cm³/mol. The molecule has 0 bridgehead atoms. The molecule has 0 saturated carbocycles. The Morgan fingerprint density at radius 2 is 1.38 bits per heavy atom. The number of hydrogen-bond donors (Lipinski definition) is 0. The molecule has 24 heavy (non-hydrogen) atoms. The van der Waals surface area contributed by atoms with Crippen LogP contribution in [0.3, 0.4) is 0 Å². The van der Waals surface area contributed by atoms with Crippen LogP contribution < -0.4 is 0 Å². The molecule has 1 nitrogen and oxygen atoms in total. The Balaban J connectivity index is 0.000000751. The average Bonchev–Trinajstić information content (AvgIpc) is 3.27. The predicted octanol–water partition coefficient (Wildman–Crippen LogP) is 6.68. The van der Waals surface area contributed by atoms with Crippen molar-refractivity contribution < 1.29 is 21.9 Å². The zero-order chi connectivity index (χ0) is 16.6. The molecule has 0 amide bonds. The van der Waals surface area contributed by atoms with Crippen LogP contribution in [0.1, 0.15) is 67.3 Å². The zero-order valence-corrected chi connectivity index (χ0v) is 17.1. The number of hydrogen-bond acceptors (Lipinski definition) is 1. The van der Waals surface area contributed by atoms with E-state index in [9.17, 15) is 4.79 Å². The van der Waals surface area contributed by atoms with Gasteiger partial charge in [-0.25, -0.2) is 12.1 Å². The van der Waals surface area contributed by atoms with Gasteiger partial charge in [0.1, 0.15) is 0 Å². The third-order valence-electron chi connectivity index (χ3n) is 3.96. The first-order valence-corrected chi connectivity index (χ1v) is 9.93. The Hall–Kier alpha value is -0.631. The van der Waals surface area contributed by atoms with Crippen molar-refractivity contribution in [2.24, 2.45) is 0 Å². The monoisotopic (exact) mass is 432 g/mol. The third-order valence-corrected chi connectivity index (χ3v) is 4.52. The fourth-order valence-corrected chi connectivity index (χ4v) is 3.00. The molecule has 0 fully saturated rings. The van der Waals surface area contributed by atoms with Crippen molar-refractivity contribution >= 4 is 22.2 Å². The van der Waals surface area contributed by atoms with Gasteiger partial charge in [-0.15, -0.1) is 0 Å². The maximum absolute atomic E-state index is 10.7. The zero-order valence-electron chi connectivity index (χ0n) is 14.4. The van der Waals surface area contributed by atoms with Crippen LogP contribution in [0.2, 0.25) is 0 Å². The summed E-state index contributed by atoms with van der Waals surface area (Å²) in [5.41, 5.74) is 2.10. The summed E-state index contributed by atoms with van der Waals surface area (Å²) in [6.45, 7) is 0. The van der Waals surface area contributed by atoms with E-state index in [0.717, 1.165) is 23.6 Å². The minimum Gasteiger partial charge on any atom is -0.748 e. The van der Waals surface area contributed by atoms with E-state index in [4.69, 9.17) is 0 Å². The van der Waals surface area contributed by atoms with Crippen molar-refractivity contribution in [2.75, 3.05) is 5.33 Å². The number of rotatable bonds is 11. The number of carbonyl (C=O) groups is 1. The largest absolute Gasteiger partial charge is 0.748 e. The molecule has 0 aliphatic rings. The number of halogens is 1. The van der Waals surface area contributed by atoms with E-state index in [0.29, 0.717) is 0 Å².